The van der Waals surface area contributed by atoms with E-state index in [0.717, 1.165) is 17.3 Å². The molecule has 0 unspecified atom stereocenters. The summed E-state index contributed by atoms with van der Waals surface area (Å²) in [6.45, 7) is 2.48. The summed E-state index contributed by atoms with van der Waals surface area (Å²) < 4.78 is 11.7. The third-order valence-electron chi connectivity index (χ3n) is 4.55. The number of ether oxygens (including phenoxy) is 2. The number of halogens is 1. The van der Waals surface area contributed by atoms with Crippen LogP contribution in [0.5, 0.6) is 5.75 Å². The molecule has 0 aliphatic rings. The van der Waals surface area contributed by atoms with Gasteiger partial charge >= 0.3 is 6.03 Å². The fourth-order valence-corrected chi connectivity index (χ4v) is 4.00. The number of rotatable bonds is 8. The van der Waals surface area contributed by atoms with E-state index in [1.165, 1.54) is 18.8 Å². The summed E-state index contributed by atoms with van der Waals surface area (Å²) in [6, 6.07) is 9.61. The highest BCUT2D eigenvalue weighted by atomic mass is 35.5. The van der Waals surface area contributed by atoms with Crippen LogP contribution in [-0.4, -0.2) is 54.6 Å². The van der Waals surface area contributed by atoms with Crippen molar-refractivity contribution in [1.82, 2.24) is 20.2 Å². The average Bonchev–Trinajstić information content (AvgIpc) is 2.77. The molecule has 0 bridgehead atoms. The Morgan fingerprint density at radius 3 is 2.70 bits per heavy atom. The lowest BCUT2D eigenvalue weighted by Gasteiger charge is -2.16. The van der Waals surface area contributed by atoms with Crippen LogP contribution in [0.1, 0.15) is 5.56 Å². The fourth-order valence-electron chi connectivity index (χ4n) is 3.03. The number of imide groups is 1. The third kappa shape index (κ3) is 6.04. The molecule has 3 amide bonds. The lowest BCUT2D eigenvalue weighted by Crippen LogP contribution is -2.41. The SMILES string of the molecule is COCCNC(=O)NC(=O)CSc1nc2cc(Cl)ccc2c(=O)n1-c1cc(C)ccc1OC. The van der Waals surface area contributed by atoms with Crippen LogP contribution in [0.3, 0.4) is 0 Å². The van der Waals surface area contributed by atoms with Gasteiger partial charge in [0.1, 0.15) is 5.75 Å². The Morgan fingerprint density at radius 2 is 1.97 bits per heavy atom. The molecule has 0 spiro atoms. The van der Waals surface area contributed by atoms with Gasteiger partial charge in [0.15, 0.2) is 5.16 Å². The van der Waals surface area contributed by atoms with E-state index in [9.17, 15) is 14.4 Å². The first-order valence-corrected chi connectivity index (χ1v) is 11.3. The molecule has 2 N–H and O–H groups in total. The molecule has 0 aliphatic heterocycles. The number of urea groups is 1. The number of nitrogens with one attached hydrogen (secondary N) is 2. The molecule has 3 aromatic rings. The zero-order valence-electron chi connectivity index (χ0n) is 18.3. The van der Waals surface area contributed by atoms with Gasteiger partial charge in [-0.3, -0.25) is 19.5 Å². The molecule has 1 heterocycles. The minimum absolute atomic E-state index is 0.148. The molecule has 11 heteroatoms. The van der Waals surface area contributed by atoms with Gasteiger partial charge in [-0.15, -0.1) is 0 Å². The van der Waals surface area contributed by atoms with Crippen molar-refractivity contribution in [3.8, 4) is 11.4 Å². The summed E-state index contributed by atoms with van der Waals surface area (Å²) in [7, 11) is 3.02. The molecular weight excluding hydrogens is 468 g/mol. The first kappa shape index (κ1) is 24.6. The van der Waals surface area contributed by atoms with E-state index in [0.29, 0.717) is 34.0 Å². The molecule has 2 aromatic carbocycles. The quantitative estimate of drug-likeness (QED) is 0.283. The second kappa shape index (κ2) is 11.2. The van der Waals surface area contributed by atoms with E-state index in [2.05, 4.69) is 15.6 Å². The standard InChI is InChI=1S/C22H23ClN4O5S/c1-13-4-7-18(32-3)17(10-13)27-20(29)15-6-5-14(23)11-16(15)25-22(27)33-12-19(28)26-21(30)24-8-9-31-2/h4-7,10-11H,8-9,12H2,1-3H3,(H2,24,26,28,30). The third-order valence-corrected chi connectivity index (χ3v) is 5.73. The summed E-state index contributed by atoms with van der Waals surface area (Å²) in [4.78, 5) is 42.1. The van der Waals surface area contributed by atoms with Crippen molar-refractivity contribution in [3.05, 3.63) is 57.3 Å². The molecule has 9 nitrogen and oxygen atoms in total. The van der Waals surface area contributed by atoms with Gasteiger partial charge < -0.3 is 14.8 Å². The van der Waals surface area contributed by atoms with Crippen LogP contribution in [-0.2, 0) is 9.53 Å². The minimum Gasteiger partial charge on any atom is -0.495 e. The number of aromatic nitrogens is 2. The van der Waals surface area contributed by atoms with Crippen LogP contribution in [0.4, 0.5) is 4.79 Å². The number of thioether (sulfide) groups is 1. The van der Waals surface area contributed by atoms with Gasteiger partial charge in [-0.25, -0.2) is 9.78 Å². The summed E-state index contributed by atoms with van der Waals surface area (Å²) >= 11 is 7.11. The smallest absolute Gasteiger partial charge is 0.321 e. The maximum absolute atomic E-state index is 13.4. The number of hydrogen-bond donors (Lipinski definition) is 2. The van der Waals surface area contributed by atoms with Crippen LogP contribution >= 0.6 is 23.4 Å². The molecule has 0 atom stereocenters. The Labute approximate surface area is 199 Å². The fraction of sp³-hybridized carbons (Fsp3) is 0.273. The van der Waals surface area contributed by atoms with Crippen molar-refractivity contribution < 1.29 is 19.1 Å². The van der Waals surface area contributed by atoms with E-state index >= 15 is 0 Å². The molecule has 0 fully saturated rings. The molecule has 1 aromatic heterocycles. The number of methoxy groups -OCH3 is 2. The van der Waals surface area contributed by atoms with Crippen LogP contribution < -0.4 is 20.9 Å². The van der Waals surface area contributed by atoms with Crippen LogP contribution in [0.25, 0.3) is 16.6 Å². The summed E-state index contributed by atoms with van der Waals surface area (Å²) in [6.07, 6.45) is 0. The Balaban J connectivity index is 1.97. The van der Waals surface area contributed by atoms with Gasteiger partial charge in [0.05, 0.1) is 36.1 Å². The van der Waals surface area contributed by atoms with Gasteiger partial charge in [0.2, 0.25) is 5.91 Å². The normalized spacial score (nSPS) is 10.8. The van der Waals surface area contributed by atoms with Crippen molar-refractivity contribution in [3.63, 3.8) is 0 Å². The molecular formula is C22H23ClN4O5S. The Bertz CT molecular complexity index is 1250. The van der Waals surface area contributed by atoms with E-state index in [1.54, 1.807) is 30.3 Å². The molecule has 0 aliphatic carbocycles. The second-order valence-electron chi connectivity index (χ2n) is 6.96. The number of fused-ring (bicyclic) bond motifs is 1. The number of carbonyl (C=O) groups is 2. The summed E-state index contributed by atoms with van der Waals surface area (Å²) in [5.74, 6) is -0.218. The molecule has 174 valence electrons. The first-order chi connectivity index (χ1) is 15.8. The molecule has 0 saturated carbocycles. The first-order valence-electron chi connectivity index (χ1n) is 9.90. The Kier molecular flexibility index (Phi) is 8.32. The van der Waals surface area contributed by atoms with Gasteiger partial charge in [0, 0.05) is 18.7 Å². The lowest BCUT2D eigenvalue weighted by molar-refractivity contribution is -0.117. The highest BCUT2D eigenvalue weighted by Gasteiger charge is 2.18. The number of aryl methyl sites for hydroxylation is 1. The van der Waals surface area contributed by atoms with Crippen LogP contribution in [0.15, 0.2) is 46.3 Å². The highest BCUT2D eigenvalue weighted by Crippen LogP contribution is 2.28. The summed E-state index contributed by atoms with van der Waals surface area (Å²) in [5.41, 5.74) is 1.47. The highest BCUT2D eigenvalue weighted by molar-refractivity contribution is 7.99. The number of benzene rings is 2. The lowest BCUT2D eigenvalue weighted by atomic mass is 10.2. The van der Waals surface area contributed by atoms with Crippen molar-refractivity contribution in [2.45, 2.75) is 12.1 Å². The van der Waals surface area contributed by atoms with Crippen LogP contribution in [0, 0.1) is 6.92 Å². The number of amides is 3. The monoisotopic (exact) mass is 490 g/mol. The van der Waals surface area contributed by atoms with Gasteiger partial charge in [-0.1, -0.05) is 29.4 Å². The topological polar surface area (TPSA) is 112 Å². The predicted molar refractivity (Wildman–Crippen MR) is 128 cm³/mol. The maximum atomic E-state index is 13.4. The number of hydrogen-bond acceptors (Lipinski definition) is 7. The summed E-state index contributed by atoms with van der Waals surface area (Å²) in [5, 5.41) is 5.80. The zero-order valence-corrected chi connectivity index (χ0v) is 19.9. The molecule has 0 saturated heterocycles. The van der Waals surface area contributed by atoms with E-state index in [1.807, 2.05) is 13.0 Å². The minimum atomic E-state index is -0.631. The largest absolute Gasteiger partial charge is 0.495 e. The molecule has 3 rings (SSSR count). The van der Waals surface area contributed by atoms with Crippen molar-refractivity contribution in [1.29, 1.82) is 0 Å². The predicted octanol–water partition coefficient (Wildman–Crippen LogP) is 2.92. The number of nitrogens with zero attached hydrogens (tertiary/aromatic N) is 2. The van der Waals surface area contributed by atoms with Gasteiger partial charge in [-0.05, 0) is 42.8 Å². The van der Waals surface area contributed by atoms with Crippen molar-refractivity contribution in [2.75, 3.05) is 33.1 Å². The van der Waals surface area contributed by atoms with E-state index in [-0.39, 0.29) is 23.0 Å². The Morgan fingerprint density at radius 1 is 1.18 bits per heavy atom. The second-order valence-corrected chi connectivity index (χ2v) is 8.34. The number of carbonyl (C=O) groups excluding carboxylic acids is 2. The Hall–Kier alpha value is -3.08. The van der Waals surface area contributed by atoms with E-state index in [4.69, 9.17) is 21.1 Å². The molecule has 0 radical (unpaired) electrons. The molecule has 33 heavy (non-hydrogen) atoms. The maximum Gasteiger partial charge on any atom is 0.321 e. The van der Waals surface area contributed by atoms with Crippen molar-refractivity contribution >= 4 is 46.2 Å². The van der Waals surface area contributed by atoms with Gasteiger partial charge in [-0.2, -0.15) is 0 Å². The van der Waals surface area contributed by atoms with Crippen LogP contribution in [0.2, 0.25) is 5.02 Å². The van der Waals surface area contributed by atoms with Crippen molar-refractivity contribution in [2.24, 2.45) is 0 Å². The average molecular weight is 491 g/mol. The van der Waals surface area contributed by atoms with E-state index < -0.39 is 11.9 Å². The zero-order chi connectivity index (χ0) is 24.0. The van der Waals surface area contributed by atoms with Gasteiger partial charge in [0.25, 0.3) is 5.56 Å².